The van der Waals surface area contributed by atoms with Gasteiger partial charge in [-0.3, -0.25) is 9.80 Å². The molecular weight excluding hydrogens is 272 g/mol. The van der Waals surface area contributed by atoms with Crippen molar-refractivity contribution in [3.8, 4) is 0 Å². The number of hydrogen-bond donors (Lipinski definition) is 0. The molecule has 0 bridgehead atoms. The van der Waals surface area contributed by atoms with Crippen LogP contribution in [0.15, 0.2) is 30.3 Å². The van der Waals surface area contributed by atoms with E-state index in [-0.39, 0.29) is 0 Å². The molecule has 0 amide bonds. The molecule has 0 spiro atoms. The summed E-state index contributed by atoms with van der Waals surface area (Å²) >= 11 is 0. The quantitative estimate of drug-likeness (QED) is 0.831. The zero-order valence-corrected chi connectivity index (χ0v) is 14.1. The highest BCUT2D eigenvalue weighted by molar-refractivity contribution is 5.14. The fourth-order valence-corrected chi connectivity index (χ4v) is 3.80. The Kier molecular flexibility index (Phi) is 5.51. The van der Waals surface area contributed by atoms with Crippen LogP contribution in [0, 0.1) is 5.92 Å². The maximum Gasteiger partial charge on any atom is 0.0702 e. The molecular formula is C19H30N2O. The Morgan fingerprint density at radius 3 is 2.68 bits per heavy atom. The summed E-state index contributed by atoms with van der Waals surface area (Å²) in [5.41, 5.74) is 1.43. The van der Waals surface area contributed by atoms with E-state index in [1.54, 1.807) is 0 Å². The Morgan fingerprint density at radius 2 is 2.00 bits per heavy atom. The first-order chi connectivity index (χ1) is 10.7. The van der Waals surface area contributed by atoms with Crippen LogP contribution in [-0.4, -0.2) is 54.7 Å². The van der Waals surface area contributed by atoms with E-state index in [9.17, 15) is 0 Å². The van der Waals surface area contributed by atoms with Crippen molar-refractivity contribution >= 4 is 0 Å². The van der Waals surface area contributed by atoms with Gasteiger partial charge in [0.25, 0.3) is 0 Å². The standard InChI is InChI=1S/C19H30N2O/c1-16(2)19-15-20(14-18-9-6-12-22-18)10-11-21(19)13-17-7-4-3-5-8-17/h3-5,7-8,16,18-19H,6,9-15H2,1-2H3/t18-,19+/m1/s1. The van der Waals surface area contributed by atoms with Crippen LogP contribution in [0.2, 0.25) is 0 Å². The Balaban J connectivity index is 1.58. The Hall–Kier alpha value is -0.900. The number of benzene rings is 1. The van der Waals surface area contributed by atoms with E-state index in [0.717, 1.165) is 19.7 Å². The Morgan fingerprint density at radius 1 is 1.18 bits per heavy atom. The monoisotopic (exact) mass is 302 g/mol. The van der Waals surface area contributed by atoms with Crippen LogP contribution in [0.3, 0.4) is 0 Å². The Labute approximate surface area is 135 Å². The van der Waals surface area contributed by atoms with Crippen LogP contribution < -0.4 is 0 Å². The van der Waals surface area contributed by atoms with Gasteiger partial charge in [0.05, 0.1) is 6.10 Å². The van der Waals surface area contributed by atoms with Gasteiger partial charge in [-0.05, 0) is 24.3 Å². The summed E-state index contributed by atoms with van der Waals surface area (Å²) in [7, 11) is 0. The summed E-state index contributed by atoms with van der Waals surface area (Å²) in [6, 6.07) is 11.5. The predicted molar refractivity (Wildman–Crippen MR) is 90.9 cm³/mol. The van der Waals surface area contributed by atoms with Crippen molar-refractivity contribution in [1.29, 1.82) is 0 Å². The van der Waals surface area contributed by atoms with E-state index in [1.165, 1.54) is 38.0 Å². The SMILES string of the molecule is CC(C)[C@@H]1CN(C[C@H]2CCCO2)CCN1Cc1ccccc1. The van der Waals surface area contributed by atoms with Crippen molar-refractivity contribution in [2.24, 2.45) is 5.92 Å². The van der Waals surface area contributed by atoms with Crippen molar-refractivity contribution in [3.63, 3.8) is 0 Å². The van der Waals surface area contributed by atoms with Crippen LogP contribution in [0.4, 0.5) is 0 Å². The molecule has 2 aliphatic heterocycles. The molecule has 0 radical (unpaired) electrons. The van der Waals surface area contributed by atoms with Gasteiger partial charge in [0.2, 0.25) is 0 Å². The van der Waals surface area contributed by atoms with Crippen molar-refractivity contribution in [1.82, 2.24) is 9.80 Å². The highest BCUT2D eigenvalue weighted by Gasteiger charge is 2.30. The highest BCUT2D eigenvalue weighted by Crippen LogP contribution is 2.22. The summed E-state index contributed by atoms with van der Waals surface area (Å²) in [4.78, 5) is 5.30. The average Bonchev–Trinajstić information content (AvgIpc) is 3.02. The van der Waals surface area contributed by atoms with Gasteiger partial charge in [-0.15, -0.1) is 0 Å². The maximum absolute atomic E-state index is 5.82. The van der Waals surface area contributed by atoms with Gasteiger partial charge in [-0.1, -0.05) is 44.2 Å². The van der Waals surface area contributed by atoms with Gasteiger partial charge in [-0.25, -0.2) is 0 Å². The second-order valence-electron chi connectivity index (χ2n) is 7.16. The molecule has 2 fully saturated rings. The van der Waals surface area contributed by atoms with Crippen molar-refractivity contribution in [2.45, 2.75) is 45.4 Å². The molecule has 2 heterocycles. The molecule has 0 aromatic heterocycles. The number of piperazine rings is 1. The van der Waals surface area contributed by atoms with Gasteiger partial charge in [0.1, 0.15) is 0 Å². The number of hydrogen-bond acceptors (Lipinski definition) is 3. The van der Waals surface area contributed by atoms with Crippen molar-refractivity contribution in [2.75, 3.05) is 32.8 Å². The molecule has 0 aliphatic carbocycles. The molecule has 3 nitrogen and oxygen atoms in total. The highest BCUT2D eigenvalue weighted by atomic mass is 16.5. The largest absolute Gasteiger partial charge is 0.377 e. The summed E-state index contributed by atoms with van der Waals surface area (Å²) in [5.74, 6) is 0.691. The average molecular weight is 302 g/mol. The van der Waals surface area contributed by atoms with Gasteiger partial charge in [-0.2, -0.15) is 0 Å². The van der Waals surface area contributed by atoms with Gasteiger partial charge >= 0.3 is 0 Å². The lowest BCUT2D eigenvalue weighted by Crippen LogP contribution is -2.55. The minimum absolute atomic E-state index is 0.480. The van der Waals surface area contributed by atoms with Gasteiger partial charge in [0.15, 0.2) is 0 Å². The Bertz CT molecular complexity index is 442. The van der Waals surface area contributed by atoms with E-state index >= 15 is 0 Å². The molecule has 3 heteroatoms. The van der Waals surface area contributed by atoms with Gasteiger partial charge in [0, 0.05) is 45.4 Å². The summed E-state index contributed by atoms with van der Waals surface area (Å²) in [6.45, 7) is 11.4. The third-order valence-electron chi connectivity index (χ3n) is 5.10. The number of rotatable bonds is 5. The van der Waals surface area contributed by atoms with Crippen molar-refractivity contribution in [3.05, 3.63) is 35.9 Å². The van der Waals surface area contributed by atoms with Crippen LogP contribution in [0.1, 0.15) is 32.3 Å². The minimum atomic E-state index is 0.480. The van der Waals surface area contributed by atoms with Gasteiger partial charge < -0.3 is 4.74 Å². The van der Waals surface area contributed by atoms with Crippen LogP contribution in [0.25, 0.3) is 0 Å². The number of nitrogens with zero attached hydrogens (tertiary/aromatic N) is 2. The first-order valence-electron chi connectivity index (χ1n) is 8.84. The molecule has 0 saturated carbocycles. The van der Waals surface area contributed by atoms with E-state index in [0.29, 0.717) is 18.1 Å². The fraction of sp³-hybridized carbons (Fsp3) is 0.684. The smallest absolute Gasteiger partial charge is 0.0702 e. The number of ether oxygens (including phenoxy) is 1. The summed E-state index contributed by atoms with van der Waals surface area (Å²) < 4.78 is 5.82. The molecule has 3 rings (SSSR count). The lowest BCUT2D eigenvalue weighted by Gasteiger charge is -2.44. The van der Waals surface area contributed by atoms with Crippen molar-refractivity contribution < 1.29 is 4.74 Å². The molecule has 2 atom stereocenters. The molecule has 22 heavy (non-hydrogen) atoms. The van der Waals surface area contributed by atoms with Crippen LogP contribution >= 0.6 is 0 Å². The third-order valence-corrected chi connectivity index (χ3v) is 5.10. The first kappa shape index (κ1) is 16.0. The fourth-order valence-electron chi connectivity index (χ4n) is 3.80. The van der Waals surface area contributed by atoms with Crippen LogP contribution in [0.5, 0.6) is 0 Å². The second-order valence-corrected chi connectivity index (χ2v) is 7.16. The topological polar surface area (TPSA) is 15.7 Å². The lowest BCUT2D eigenvalue weighted by atomic mass is 9.98. The van der Waals surface area contributed by atoms with E-state index in [4.69, 9.17) is 4.74 Å². The molecule has 1 aromatic rings. The second kappa shape index (κ2) is 7.58. The molecule has 0 unspecified atom stereocenters. The zero-order valence-electron chi connectivity index (χ0n) is 14.1. The predicted octanol–water partition coefficient (Wildman–Crippen LogP) is 3.01. The van der Waals surface area contributed by atoms with Crippen LogP contribution in [-0.2, 0) is 11.3 Å². The normalized spacial score (nSPS) is 27.6. The minimum Gasteiger partial charge on any atom is -0.377 e. The molecule has 2 saturated heterocycles. The summed E-state index contributed by atoms with van der Waals surface area (Å²) in [5, 5.41) is 0. The molecule has 122 valence electrons. The van der Waals surface area contributed by atoms with E-state index < -0.39 is 0 Å². The van der Waals surface area contributed by atoms with E-state index in [1.807, 2.05) is 0 Å². The van der Waals surface area contributed by atoms with E-state index in [2.05, 4.69) is 54.0 Å². The first-order valence-corrected chi connectivity index (χ1v) is 8.84. The third kappa shape index (κ3) is 4.09. The molecule has 2 aliphatic rings. The summed E-state index contributed by atoms with van der Waals surface area (Å²) in [6.07, 6.45) is 2.97. The zero-order chi connectivity index (χ0) is 15.4. The maximum atomic E-state index is 5.82. The molecule has 1 aromatic carbocycles. The molecule has 0 N–H and O–H groups in total. The lowest BCUT2D eigenvalue weighted by molar-refractivity contribution is 0.0112.